The largest absolute Gasteiger partial charge is 0.355 e. The smallest absolute Gasteiger partial charge is 0.0991 e. The molecule has 0 amide bonds. The number of hydrogen-bond donors (Lipinski definition) is 1. The number of H-pyrrole nitrogens is 1. The zero-order chi connectivity index (χ0) is 19.8. The van der Waals surface area contributed by atoms with Crippen LogP contribution in [0.3, 0.4) is 0 Å². The van der Waals surface area contributed by atoms with E-state index in [1.54, 1.807) is 0 Å². The van der Waals surface area contributed by atoms with E-state index in [4.69, 9.17) is 0 Å². The van der Waals surface area contributed by atoms with E-state index in [1.807, 2.05) is 48.5 Å². The maximum absolute atomic E-state index is 9.19. The van der Waals surface area contributed by atoms with Gasteiger partial charge in [-0.05, 0) is 70.8 Å². The molecule has 1 heterocycles. The highest BCUT2D eigenvalue weighted by Gasteiger charge is 2.09. The number of nitrogens with zero attached hydrogens (tertiary/aromatic N) is 2. The molecule has 0 fully saturated rings. The van der Waals surface area contributed by atoms with Crippen LogP contribution in [0.25, 0.3) is 44.1 Å². The first-order valence-electron chi connectivity index (χ1n) is 9.32. The van der Waals surface area contributed by atoms with Crippen molar-refractivity contribution in [3.8, 4) is 34.4 Å². The Hall–Kier alpha value is -4.34. The molecule has 0 aliphatic rings. The normalized spacial score (nSPS) is 10.7. The molecule has 0 aliphatic heterocycles. The van der Waals surface area contributed by atoms with Crippen LogP contribution >= 0.6 is 0 Å². The SMILES string of the molecule is N#Cc1cccc(-c2ccc3[nH]c4ccc(-c5cccc(C#N)c5)cc4c3c2)c1. The third-order valence-electron chi connectivity index (χ3n) is 5.25. The van der Waals surface area contributed by atoms with Gasteiger partial charge in [0.05, 0.1) is 23.3 Å². The van der Waals surface area contributed by atoms with Gasteiger partial charge in [-0.2, -0.15) is 10.5 Å². The topological polar surface area (TPSA) is 63.4 Å². The molecule has 5 rings (SSSR count). The zero-order valence-electron chi connectivity index (χ0n) is 15.5. The summed E-state index contributed by atoms with van der Waals surface area (Å²) in [5, 5.41) is 20.7. The number of rotatable bonds is 2. The minimum atomic E-state index is 0.654. The van der Waals surface area contributed by atoms with Gasteiger partial charge in [-0.15, -0.1) is 0 Å². The van der Waals surface area contributed by atoms with E-state index in [9.17, 15) is 10.5 Å². The molecule has 0 unspecified atom stereocenters. The summed E-state index contributed by atoms with van der Waals surface area (Å²) < 4.78 is 0. The van der Waals surface area contributed by atoms with Crippen molar-refractivity contribution in [2.24, 2.45) is 0 Å². The first-order valence-corrected chi connectivity index (χ1v) is 9.32. The molecule has 0 saturated heterocycles. The van der Waals surface area contributed by atoms with Crippen molar-refractivity contribution in [1.29, 1.82) is 10.5 Å². The summed E-state index contributed by atoms with van der Waals surface area (Å²) in [6.07, 6.45) is 0. The van der Waals surface area contributed by atoms with Gasteiger partial charge in [-0.3, -0.25) is 0 Å². The standard InChI is InChI=1S/C26H15N3/c27-15-17-3-1-5-19(11-17)21-7-9-25-23(13-21)24-14-22(8-10-26(24)29-25)20-6-2-4-18(12-20)16-28/h1-14,29H. The molecule has 0 radical (unpaired) electrons. The average Bonchev–Trinajstić information content (AvgIpc) is 3.16. The minimum absolute atomic E-state index is 0.654. The van der Waals surface area contributed by atoms with Crippen LogP contribution in [0.15, 0.2) is 84.9 Å². The summed E-state index contributed by atoms with van der Waals surface area (Å²) in [6, 6.07) is 32.4. The zero-order valence-corrected chi connectivity index (χ0v) is 15.5. The Bertz CT molecular complexity index is 1360. The molecule has 0 saturated carbocycles. The average molecular weight is 369 g/mol. The predicted octanol–water partition coefficient (Wildman–Crippen LogP) is 6.40. The van der Waals surface area contributed by atoms with E-state index in [1.165, 1.54) is 0 Å². The van der Waals surface area contributed by atoms with E-state index in [0.717, 1.165) is 44.1 Å². The van der Waals surface area contributed by atoms with E-state index in [0.29, 0.717) is 11.1 Å². The Labute approximate surface area is 168 Å². The second-order valence-corrected chi connectivity index (χ2v) is 7.03. The summed E-state index contributed by atoms with van der Waals surface area (Å²) in [6.45, 7) is 0. The fourth-order valence-corrected chi connectivity index (χ4v) is 3.79. The molecule has 1 N–H and O–H groups in total. The van der Waals surface area contributed by atoms with Crippen LogP contribution in [0, 0.1) is 22.7 Å². The maximum atomic E-state index is 9.19. The molecular formula is C26H15N3. The second-order valence-electron chi connectivity index (χ2n) is 7.03. The van der Waals surface area contributed by atoms with Crippen molar-refractivity contribution in [3.63, 3.8) is 0 Å². The quantitative estimate of drug-likeness (QED) is 0.391. The highest BCUT2D eigenvalue weighted by molar-refractivity contribution is 6.09. The molecule has 29 heavy (non-hydrogen) atoms. The van der Waals surface area contributed by atoms with Crippen molar-refractivity contribution in [2.45, 2.75) is 0 Å². The Morgan fingerprint density at radius 3 is 1.41 bits per heavy atom. The lowest BCUT2D eigenvalue weighted by atomic mass is 9.99. The number of aromatic nitrogens is 1. The van der Waals surface area contributed by atoms with Gasteiger partial charge < -0.3 is 4.98 Å². The Kier molecular flexibility index (Phi) is 3.87. The third-order valence-corrected chi connectivity index (χ3v) is 5.25. The molecule has 134 valence electrons. The maximum Gasteiger partial charge on any atom is 0.0991 e. The lowest BCUT2D eigenvalue weighted by molar-refractivity contribution is 1.48. The van der Waals surface area contributed by atoms with Crippen LogP contribution in [0.2, 0.25) is 0 Å². The van der Waals surface area contributed by atoms with Crippen LogP contribution in [-0.2, 0) is 0 Å². The van der Waals surface area contributed by atoms with E-state index < -0.39 is 0 Å². The summed E-state index contributed by atoms with van der Waals surface area (Å²) in [5.41, 5.74) is 7.66. The van der Waals surface area contributed by atoms with Crippen molar-refractivity contribution in [2.75, 3.05) is 0 Å². The molecule has 3 heteroatoms. The summed E-state index contributed by atoms with van der Waals surface area (Å²) in [5.74, 6) is 0. The molecular weight excluding hydrogens is 354 g/mol. The van der Waals surface area contributed by atoms with Gasteiger partial charge in [0.2, 0.25) is 0 Å². The molecule has 0 spiro atoms. The molecule has 0 aliphatic carbocycles. The number of benzene rings is 4. The molecule has 0 atom stereocenters. The molecule has 4 aromatic carbocycles. The second kappa shape index (κ2) is 6.68. The highest BCUT2D eigenvalue weighted by atomic mass is 14.7. The Morgan fingerprint density at radius 2 is 0.966 bits per heavy atom. The Morgan fingerprint density at radius 1 is 0.517 bits per heavy atom. The van der Waals surface area contributed by atoms with Crippen molar-refractivity contribution in [3.05, 3.63) is 96.1 Å². The van der Waals surface area contributed by atoms with Gasteiger partial charge in [0.1, 0.15) is 0 Å². The van der Waals surface area contributed by atoms with Gasteiger partial charge in [0, 0.05) is 21.8 Å². The highest BCUT2D eigenvalue weighted by Crippen LogP contribution is 2.33. The van der Waals surface area contributed by atoms with E-state index in [-0.39, 0.29) is 0 Å². The number of hydrogen-bond acceptors (Lipinski definition) is 2. The Balaban J connectivity index is 1.69. The van der Waals surface area contributed by atoms with E-state index >= 15 is 0 Å². The van der Waals surface area contributed by atoms with Crippen LogP contribution in [0.1, 0.15) is 11.1 Å². The lowest BCUT2D eigenvalue weighted by Gasteiger charge is -2.04. The molecule has 3 nitrogen and oxygen atoms in total. The van der Waals surface area contributed by atoms with Gasteiger partial charge in [-0.25, -0.2) is 0 Å². The number of nitriles is 2. The van der Waals surface area contributed by atoms with Crippen LogP contribution in [-0.4, -0.2) is 4.98 Å². The minimum Gasteiger partial charge on any atom is -0.355 e. The van der Waals surface area contributed by atoms with Crippen LogP contribution < -0.4 is 0 Å². The van der Waals surface area contributed by atoms with Crippen molar-refractivity contribution in [1.82, 2.24) is 4.98 Å². The lowest BCUT2D eigenvalue weighted by Crippen LogP contribution is -1.81. The first kappa shape index (κ1) is 16.8. The first-order chi connectivity index (χ1) is 14.2. The van der Waals surface area contributed by atoms with Gasteiger partial charge in [-0.1, -0.05) is 36.4 Å². The number of aromatic amines is 1. The van der Waals surface area contributed by atoms with Gasteiger partial charge in [0.25, 0.3) is 0 Å². The van der Waals surface area contributed by atoms with Gasteiger partial charge in [0.15, 0.2) is 0 Å². The summed E-state index contributed by atoms with van der Waals surface area (Å²) in [4.78, 5) is 3.48. The fourth-order valence-electron chi connectivity index (χ4n) is 3.79. The summed E-state index contributed by atoms with van der Waals surface area (Å²) >= 11 is 0. The molecule has 1 aromatic heterocycles. The van der Waals surface area contributed by atoms with Gasteiger partial charge >= 0.3 is 0 Å². The van der Waals surface area contributed by atoms with E-state index in [2.05, 4.69) is 53.5 Å². The third kappa shape index (κ3) is 2.92. The predicted molar refractivity (Wildman–Crippen MR) is 116 cm³/mol. The van der Waals surface area contributed by atoms with Crippen LogP contribution in [0.4, 0.5) is 0 Å². The summed E-state index contributed by atoms with van der Waals surface area (Å²) in [7, 11) is 0. The fraction of sp³-hybridized carbons (Fsp3) is 0. The number of nitrogens with one attached hydrogen (secondary N) is 1. The molecule has 5 aromatic rings. The van der Waals surface area contributed by atoms with Crippen molar-refractivity contribution < 1.29 is 0 Å². The van der Waals surface area contributed by atoms with Crippen molar-refractivity contribution >= 4 is 21.8 Å². The molecule has 0 bridgehead atoms. The number of fused-ring (bicyclic) bond motifs is 3. The monoisotopic (exact) mass is 369 g/mol. The van der Waals surface area contributed by atoms with Crippen LogP contribution in [0.5, 0.6) is 0 Å².